The highest BCUT2D eigenvalue weighted by Gasteiger charge is 2.24. The maximum atomic E-state index is 12.8. The molecule has 1 aliphatic rings. The van der Waals surface area contributed by atoms with Crippen LogP contribution in [0.3, 0.4) is 0 Å². The van der Waals surface area contributed by atoms with Crippen LogP contribution in [-0.2, 0) is 6.54 Å². The van der Waals surface area contributed by atoms with E-state index in [2.05, 4.69) is 50.2 Å². The van der Waals surface area contributed by atoms with Crippen molar-refractivity contribution in [2.24, 2.45) is 5.92 Å². The van der Waals surface area contributed by atoms with E-state index in [1.54, 1.807) is 23.8 Å². The molecule has 3 aromatic rings. The number of amides is 1. The van der Waals surface area contributed by atoms with Crippen molar-refractivity contribution < 1.29 is 4.79 Å². The number of piperidine rings is 1. The quantitative estimate of drug-likeness (QED) is 0.625. The van der Waals surface area contributed by atoms with Crippen molar-refractivity contribution in [2.45, 2.75) is 19.4 Å². The lowest BCUT2D eigenvalue weighted by atomic mass is 9.96. The van der Waals surface area contributed by atoms with E-state index in [4.69, 9.17) is 0 Å². The molecule has 0 aliphatic carbocycles. The van der Waals surface area contributed by atoms with Gasteiger partial charge in [-0.05, 0) is 43.5 Å². The first-order chi connectivity index (χ1) is 14.2. The van der Waals surface area contributed by atoms with E-state index >= 15 is 0 Å². The lowest BCUT2D eigenvalue weighted by Crippen LogP contribution is -2.39. The molecule has 0 atom stereocenters. The zero-order valence-corrected chi connectivity index (χ0v) is 17.4. The summed E-state index contributed by atoms with van der Waals surface area (Å²) in [5.74, 6) is 1.06. The van der Waals surface area contributed by atoms with Gasteiger partial charge in [-0.3, -0.25) is 9.69 Å². The van der Waals surface area contributed by atoms with E-state index in [-0.39, 0.29) is 5.91 Å². The number of thiazole rings is 1. The van der Waals surface area contributed by atoms with E-state index in [0.717, 1.165) is 39.0 Å². The number of benzene rings is 1. The molecule has 7 heteroatoms. The average molecular weight is 408 g/mol. The molecule has 2 aromatic heterocycles. The van der Waals surface area contributed by atoms with Crippen LogP contribution in [0.1, 0.15) is 28.9 Å². The summed E-state index contributed by atoms with van der Waals surface area (Å²) >= 11 is 1.41. The van der Waals surface area contributed by atoms with Gasteiger partial charge in [0.25, 0.3) is 5.91 Å². The molecule has 0 saturated carbocycles. The highest BCUT2D eigenvalue weighted by atomic mass is 32.1. The molecule has 1 saturated heterocycles. The molecular formula is C22H25N5OS. The van der Waals surface area contributed by atoms with E-state index in [0.29, 0.717) is 22.4 Å². The molecular weight excluding hydrogens is 382 g/mol. The highest BCUT2D eigenvalue weighted by molar-refractivity contribution is 7.13. The van der Waals surface area contributed by atoms with Crippen molar-refractivity contribution in [1.82, 2.24) is 24.8 Å². The Morgan fingerprint density at radius 1 is 1.14 bits per heavy atom. The number of rotatable bonds is 6. The average Bonchev–Trinajstić information content (AvgIpc) is 3.26. The minimum atomic E-state index is -0.0323. The van der Waals surface area contributed by atoms with Gasteiger partial charge >= 0.3 is 0 Å². The second-order valence-electron chi connectivity index (χ2n) is 7.50. The summed E-state index contributed by atoms with van der Waals surface area (Å²) in [5.41, 5.74) is 1.83. The molecule has 4 rings (SSSR count). The lowest BCUT2D eigenvalue weighted by molar-refractivity contribution is 0.0732. The maximum absolute atomic E-state index is 12.8. The van der Waals surface area contributed by atoms with Crippen molar-refractivity contribution in [3.05, 3.63) is 65.4 Å². The Kier molecular flexibility index (Phi) is 6.27. The first-order valence-corrected chi connectivity index (χ1v) is 10.8. The number of likely N-dealkylation sites (tertiary alicyclic amines) is 1. The molecule has 1 aliphatic heterocycles. The van der Waals surface area contributed by atoms with Crippen LogP contribution in [0.15, 0.2) is 54.2 Å². The summed E-state index contributed by atoms with van der Waals surface area (Å²) in [6.45, 7) is 3.93. The van der Waals surface area contributed by atoms with Crippen LogP contribution < -0.4 is 0 Å². The number of carbonyl (C=O) groups excluding carboxylic acids is 1. The Balaban J connectivity index is 1.28. The van der Waals surface area contributed by atoms with Crippen LogP contribution in [0.5, 0.6) is 0 Å². The van der Waals surface area contributed by atoms with Gasteiger partial charge in [0, 0.05) is 37.9 Å². The molecule has 1 amide bonds. The Labute approximate surface area is 175 Å². The molecule has 0 spiro atoms. The number of nitrogens with zero attached hydrogens (tertiary/aromatic N) is 5. The molecule has 29 heavy (non-hydrogen) atoms. The summed E-state index contributed by atoms with van der Waals surface area (Å²) in [4.78, 5) is 30.0. The fraction of sp³-hybridized carbons (Fsp3) is 0.364. The van der Waals surface area contributed by atoms with Crippen LogP contribution in [0.25, 0.3) is 10.8 Å². The van der Waals surface area contributed by atoms with Gasteiger partial charge in [-0.25, -0.2) is 15.0 Å². The maximum Gasteiger partial charge on any atom is 0.273 e. The fourth-order valence-corrected chi connectivity index (χ4v) is 4.46. The molecule has 0 radical (unpaired) electrons. The minimum absolute atomic E-state index is 0.0323. The number of hydrogen-bond donors (Lipinski definition) is 0. The normalized spacial score (nSPS) is 15.3. The second-order valence-corrected chi connectivity index (χ2v) is 8.36. The molecule has 0 unspecified atom stereocenters. The Hall–Kier alpha value is -2.64. The minimum Gasteiger partial charge on any atom is -0.340 e. The topological polar surface area (TPSA) is 62.2 Å². The van der Waals surface area contributed by atoms with E-state index in [1.807, 2.05) is 11.9 Å². The summed E-state index contributed by atoms with van der Waals surface area (Å²) in [7, 11) is 1.87. The lowest BCUT2D eigenvalue weighted by Gasteiger charge is -2.33. The molecule has 150 valence electrons. The standard InChI is InChI=1S/C22H25N5OS/c1-26(22(28)19-16-29-21(25-19)20-23-10-5-11-24-20)14-18-8-12-27(13-9-18)15-17-6-3-2-4-7-17/h2-7,10-11,16,18H,8-9,12-15H2,1H3. The predicted octanol–water partition coefficient (Wildman–Crippen LogP) is 3.58. The predicted molar refractivity (Wildman–Crippen MR) is 115 cm³/mol. The fourth-order valence-electron chi connectivity index (χ4n) is 3.72. The Morgan fingerprint density at radius 2 is 1.86 bits per heavy atom. The van der Waals surface area contributed by atoms with Crippen molar-refractivity contribution in [3.63, 3.8) is 0 Å². The zero-order chi connectivity index (χ0) is 20.1. The van der Waals surface area contributed by atoms with Gasteiger partial charge in [-0.1, -0.05) is 30.3 Å². The molecule has 6 nitrogen and oxygen atoms in total. The van der Waals surface area contributed by atoms with Crippen molar-refractivity contribution in [3.8, 4) is 10.8 Å². The second kappa shape index (κ2) is 9.24. The van der Waals surface area contributed by atoms with Crippen LogP contribution in [0.4, 0.5) is 0 Å². The molecule has 1 aromatic carbocycles. The van der Waals surface area contributed by atoms with Crippen molar-refractivity contribution in [1.29, 1.82) is 0 Å². The third-order valence-corrected chi connectivity index (χ3v) is 6.15. The SMILES string of the molecule is CN(CC1CCN(Cc2ccccc2)CC1)C(=O)c1csc(-c2ncccn2)n1. The van der Waals surface area contributed by atoms with Crippen molar-refractivity contribution >= 4 is 17.2 Å². The molecule has 1 fully saturated rings. The monoisotopic (exact) mass is 407 g/mol. The van der Waals surface area contributed by atoms with Crippen LogP contribution in [0.2, 0.25) is 0 Å². The first-order valence-electron chi connectivity index (χ1n) is 9.93. The highest BCUT2D eigenvalue weighted by Crippen LogP contribution is 2.23. The Morgan fingerprint density at radius 3 is 2.59 bits per heavy atom. The first kappa shape index (κ1) is 19.7. The van der Waals surface area contributed by atoms with Crippen LogP contribution in [0, 0.1) is 5.92 Å². The van der Waals surface area contributed by atoms with Gasteiger partial charge in [0.1, 0.15) is 5.69 Å². The largest absolute Gasteiger partial charge is 0.340 e. The summed E-state index contributed by atoms with van der Waals surface area (Å²) in [6.07, 6.45) is 5.60. The summed E-state index contributed by atoms with van der Waals surface area (Å²) < 4.78 is 0. The van der Waals surface area contributed by atoms with Crippen LogP contribution in [-0.4, -0.2) is 57.3 Å². The van der Waals surface area contributed by atoms with Gasteiger partial charge in [0.15, 0.2) is 10.8 Å². The van der Waals surface area contributed by atoms with Gasteiger partial charge < -0.3 is 4.90 Å². The zero-order valence-electron chi connectivity index (χ0n) is 16.6. The van der Waals surface area contributed by atoms with Gasteiger partial charge in [0.2, 0.25) is 0 Å². The smallest absolute Gasteiger partial charge is 0.273 e. The molecule has 0 N–H and O–H groups in total. The van der Waals surface area contributed by atoms with E-state index < -0.39 is 0 Å². The van der Waals surface area contributed by atoms with Crippen LogP contribution >= 0.6 is 11.3 Å². The van der Waals surface area contributed by atoms with E-state index in [1.165, 1.54) is 16.9 Å². The summed E-state index contributed by atoms with van der Waals surface area (Å²) in [6, 6.07) is 12.4. The van der Waals surface area contributed by atoms with Gasteiger partial charge in [0.05, 0.1) is 0 Å². The van der Waals surface area contributed by atoms with E-state index in [9.17, 15) is 4.79 Å². The molecule has 3 heterocycles. The Bertz CT molecular complexity index is 923. The van der Waals surface area contributed by atoms with Gasteiger partial charge in [-0.15, -0.1) is 11.3 Å². The number of carbonyl (C=O) groups is 1. The third kappa shape index (κ3) is 5.05. The summed E-state index contributed by atoms with van der Waals surface area (Å²) in [5, 5.41) is 2.48. The number of aromatic nitrogens is 3. The molecule has 0 bridgehead atoms. The number of hydrogen-bond acceptors (Lipinski definition) is 6. The third-order valence-electron chi connectivity index (χ3n) is 5.32. The van der Waals surface area contributed by atoms with Gasteiger partial charge in [-0.2, -0.15) is 0 Å². The van der Waals surface area contributed by atoms with Crippen molar-refractivity contribution in [2.75, 3.05) is 26.7 Å².